The third-order valence-corrected chi connectivity index (χ3v) is 5.21. The first-order chi connectivity index (χ1) is 12.4. The van der Waals surface area contributed by atoms with E-state index in [4.69, 9.17) is 23.2 Å². The summed E-state index contributed by atoms with van der Waals surface area (Å²) in [6, 6.07) is 11.9. The minimum atomic E-state index is -1.15. The van der Waals surface area contributed by atoms with Crippen LogP contribution in [0, 0.1) is 6.92 Å². The molecule has 132 valence electrons. The number of carbonyl (C=O) groups excluding carboxylic acids is 1. The Balaban J connectivity index is 1.98. The molecule has 0 fully saturated rings. The number of aromatic carboxylic acids is 1. The van der Waals surface area contributed by atoms with Crippen LogP contribution < -0.4 is 5.32 Å². The summed E-state index contributed by atoms with van der Waals surface area (Å²) in [6.07, 6.45) is 0. The third-order valence-electron chi connectivity index (χ3n) is 3.77. The lowest BCUT2D eigenvalue weighted by molar-refractivity contribution is 0.0699. The molecule has 0 unspecified atom stereocenters. The second kappa shape index (κ2) is 7.50. The number of amides is 1. The monoisotopic (exact) mass is 405 g/mol. The van der Waals surface area contributed by atoms with Crippen molar-refractivity contribution in [3.63, 3.8) is 0 Å². The average molecular weight is 406 g/mol. The molecule has 0 aliphatic heterocycles. The van der Waals surface area contributed by atoms with E-state index in [0.29, 0.717) is 26.7 Å². The second-order valence-corrected chi connectivity index (χ2v) is 7.33. The number of benzene rings is 2. The first-order valence-electron chi connectivity index (χ1n) is 7.55. The average Bonchev–Trinajstić information content (AvgIpc) is 2.99. The molecule has 3 aromatic rings. The molecule has 0 spiro atoms. The number of aryl methyl sites for hydroxylation is 1. The van der Waals surface area contributed by atoms with Gasteiger partial charge >= 0.3 is 5.97 Å². The van der Waals surface area contributed by atoms with Crippen LogP contribution in [0.25, 0.3) is 11.1 Å². The first kappa shape index (κ1) is 18.5. The SMILES string of the molecule is Cc1ccc(C(=O)Nc2scc(-c3ccc(Cl)cc3Cl)c2C(=O)O)cc1. The van der Waals surface area contributed by atoms with Gasteiger partial charge in [0, 0.05) is 32.1 Å². The van der Waals surface area contributed by atoms with E-state index in [0.717, 1.165) is 16.9 Å². The van der Waals surface area contributed by atoms with E-state index in [1.54, 1.807) is 35.7 Å². The predicted octanol–water partition coefficient (Wildman–Crippen LogP) is 5.98. The van der Waals surface area contributed by atoms with Crippen molar-refractivity contribution >= 4 is 51.4 Å². The minimum Gasteiger partial charge on any atom is -0.478 e. The molecule has 0 aliphatic carbocycles. The predicted molar refractivity (Wildman–Crippen MR) is 106 cm³/mol. The standard InChI is InChI=1S/C19H13Cl2NO3S/c1-10-2-4-11(5-3-10)17(23)22-18-16(19(24)25)14(9-26-18)13-7-6-12(20)8-15(13)21/h2-9H,1H3,(H,22,23)(H,24,25). The van der Waals surface area contributed by atoms with E-state index < -0.39 is 5.97 Å². The van der Waals surface area contributed by atoms with Gasteiger partial charge in [-0.15, -0.1) is 11.3 Å². The molecule has 0 aliphatic rings. The van der Waals surface area contributed by atoms with Crippen molar-refractivity contribution in [3.8, 4) is 11.1 Å². The molecule has 0 bridgehead atoms. The van der Waals surface area contributed by atoms with Crippen LogP contribution in [0.2, 0.25) is 10.0 Å². The first-order valence-corrected chi connectivity index (χ1v) is 9.18. The van der Waals surface area contributed by atoms with Crippen LogP contribution in [-0.2, 0) is 0 Å². The van der Waals surface area contributed by atoms with Gasteiger partial charge in [0.1, 0.15) is 10.6 Å². The van der Waals surface area contributed by atoms with E-state index in [-0.39, 0.29) is 16.5 Å². The fourth-order valence-corrected chi connectivity index (χ4v) is 3.91. The van der Waals surface area contributed by atoms with Gasteiger partial charge < -0.3 is 10.4 Å². The Labute approximate surface area is 164 Å². The number of halogens is 2. The van der Waals surface area contributed by atoms with E-state index in [2.05, 4.69) is 5.32 Å². The van der Waals surface area contributed by atoms with Gasteiger partial charge in [0.2, 0.25) is 0 Å². The third kappa shape index (κ3) is 3.75. The number of carbonyl (C=O) groups is 2. The molecule has 1 aromatic heterocycles. The highest BCUT2D eigenvalue weighted by Crippen LogP contribution is 2.39. The Kier molecular flexibility index (Phi) is 5.32. The number of hydrogen-bond acceptors (Lipinski definition) is 3. The molecular formula is C19H13Cl2NO3S. The fourth-order valence-electron chi connectivity index (χ4n) is 2.45. The summed E-state index contributed by atoms with van der Waals surface area (Å²) in [5.41, 5.74) is 2.46. The van der Waals surface area contributed by atoms with Crippen LogP contribution in [0.3, 0.4) is 0 Å². The van der Waals surface area contributed by atoms with Gasteiger partial charge in [-0.3, -0.25) is 4.79 Å². The molecule has 3 rings (SSSR count). The van der Waals surface area contributed by atoms with Crippen LogP contribution in [0.1, 0.15) is 26.3 Å². The molecule has 26 heavy (non-hydrogen) atoms. The summed E-state index contributed by atoms with van der Waals surface area (Å²) in [5.74, 6) is -1.52. The number of nitrogens with one attached hydrogen (secondary N) is 1. The Bertz CT molecular complexity index is 997. The Morgan fingerprint density at radius 3 is 2.35 bits per heavy atom. The Hall–Kier alpha value is -2.34. The summed E-state index contributed by atoms with van der Waals surface area (Å²) < 4.78 is 0. The number of anilines is 1. The van der Waals surface area contributed by atoms with Crippen molar-refractivity contribution in [3.05, 3.63) is 74.6 Å². The number of carboxylic acids is 1. The molecule has 0 saturated heterocycles. The maximum Gasteiger partial charge on any atom is 0.339 e. The molecule has 0 atom stereocenters. The number of hydrogen-bond donors (Lipinski definition) is 2. The zero-order chi connectivity index (χ0) is 18.8. The highest BCUT2D eigenvalue weighted by molar-refractivity contribution is 7.15. The molecule has 1 heterocycles. The number of thiophene rings is 1. The molecule has 4 nitrogen and oxygen atoms in total. The van der Waals surface area contributed by atoms with Crippen molar-refractivity contribution in [2.75, 3.05) is 5.32 Å². The lowest BCUT2D eigenvalue weighted by Gasteiger charge is -2.07. The fraction of sp³-hybridized carbons (Fsp3) is 0.0526. The zero-order valence-corrected chi connectivity index (χ0v) is 15.9. The van der Waals surface area contributed by atoms with E-state index in [9.17, 15) is 14.7 Å². The number of carboxylic acid groups (broad SMARTS) is 1. The maximum absolute atomic E-state index is 12.4. The van der Waals surface area contributed by atoms with E-state index in [1.807, 2.05) is 19.1 Å². The Morgan fingerprint density at radius 1 is 1.04 bits per heavy atom. The highest BCUT2D eigenvalue weighted by atomic mass is 35.5. The lowest BCUT2D eigenvalue weighted by Crippen LogP contribution is -2.13. The van der Waals surface area contributed by atoms with Gasteiger partial charge in [0.15, 0.2) is 0 Å². The Morgan fingerprint density at radius 2 is 1.73 bits per heavy atom. The molecule has 1 amide bonds. The van der Waals surface area contributed by atoms with Gasteiger partial charge in [0.25, 0.3) is 5.91 Å². The highest BCUT2D eigenvalue weighted by Gasteiger charge is 2.22. The topological polar surface area (TPSA) is 66.4 Å². The van der Waals surface area contributed by atoms with Crippen molar-refractivity contribution < 1.29 is 14.7 Å². The summed E-state index contributed by atoms with van der Waals surface area (Å²) in [5, 5.41) is 15.0. The molecular weight excluding hydrogens is 393 g/mol. The van der Waals surface area contributed by atoms with Gasteiger partial charge in [-0.1, -0.05) is 47.0 Å². The summed E-state index contributed by atoms with van der Waals surface area (Å²) >= 11 is 13.2. The molecule has 2 N–H and O–H groups in total. The van der Waals surface area contributed by atoms with Crippen LogP contribution in [-0.4, -0.2) is 17.0 Å². The van der Waals surface area contributed by atoms with Crippen molar-refractivity contribution in [1.82, 2.24) is 0 Å². The zero-order valence-electron chi connectivity index (χ0n) is 13.5. The second-order valence-electron chi connectivity index (χ2n) is 5.60. The van der Waals surface area contributed by atoms with Gasteiger partial charge in [-0.05, 0) is 31.2 Å². The molecule has 0 saturated carbocycles. The maximum atomic E-state index is 12.4. The van der Waals surface area contributed by atoms with Crippen LogP contribution in [0.5, 0.6) is 0 Å². The van der Waals surface area contributed by atoms with Crippen LogP contribution >= 0.6 is 34.5 Å². The minimum absolute atomic E-state index is 0.000292. The summed E-state index contributed by atoms with van der Waals surface area (Å²) in [6.45, 7) is 1.92. The van der Waals surface area contributed by atoms with E-state index in [1.165, 1.54) is 0 Å². The van der Waals surface area contributed by atoms with Crippen molar-refractivity contribution in [2.24, 2.45) is 0 Å². The molecule has 2 aromatic carbocycles. The van der Waals surface area contributed by atoms with Crippen molar-refractivity contribution in [1.29, 1.82) is 0 Å². The molecule has 7 heteroatoms. The molecule has 0 radical (unpaired) electrons. The smallest absolute Gasteiger partial charge is 0.339 e. The van der Waals surface area contributed by atoms with Gasteiger partial charge in [-0.25, -0.2) is 4.79 Å². The van der Waals surface area contributed by atoms with Crippen LogP contribution in [0.4, 0.5) is 5.00 Å². The normalized spacial score (nSPS) is 10.6. The summed E-state index contributed by atoms with van der Waals surface area (Å²) in [7, 11) is 0. The quantitative estimate of drug-likeness (QED) is 0.560. The largest absolute Gasteiger partial charge is 0.478 e. The van der Waals surface area contributed by atoms with Gasteiger partial charge in [-0.2, -0.15) is 0 Å². The van der Waals surface area contributed by atoms with E-state index >= 15 is 0 Å². The van der Waals surface area contributed by atoms with Crippen LogP contribution in [0.15, 0.2) is 47.8 Å². The summed E-state index contributed by atoms with van der Waals surface area (Å²) in [4.78, 5) is 24.2. The number of rotatable bonds is 4. The lowest BCUT2D eigenvalue weighted by atomic mass is 10.0. The van der Waals surface area contributed by atoms with Gasteiger partial charge in [0.05, 0.1) is 0 Å². The van der Waals surface area contributed by atoms with Crippen molar-refractivity contribution in [2.45, 2.75) is 6.92 Å².